The van der Waals surface area contributed by atoms with Gasteiger partial charge in [-0.2, -0.15) is 23.4 Å². The van der Waals surface area contributed by atoms with Crippen molar-refractivity contribution in [3.05, 3.63) is 70.7 Å². The van der Waals surface area contributed by atoms with Crippen LogP contribution in [-0.4, -0.2) is 14.7 Å². The Morgan fingerprint density at radius 3 is 2.45 bits per heavy atom. The lowest BCUT2D eigenvalue weighted by atomic mass is 10.0. The third-order valence-corrected chi connectivity index (χ3v) is 5.24. The highest BCUT2D eigenvalue weighted by atomic mass is 19.4. The lowest BCUT2D eigenvalue weighted by Gasteiger charge is -2.11. The zero-order valence-electron chi connectivity index (χ0n) is 17.4. The van der Waals surface area contributed by atoms with Crippen LogP contribution in [0.25, 0.3) is 22.4 Å². The first kappa shape index (κ1) is 22.5. The fraction of sp³-hybridized carbons (Fsp3) is 0.261. The molecule has 0 atom stereocenters. The van der Waals surface area contributed by atoms with Crippen LogP contribution in [0.15, 0.2) is 40.9 Å². The van der Waals surface area contributed by atoms with Gasteiger partial charge in [0, 0.05) is 28.2 Å². The fourth-order valence-corrected chi connectivity index (χ4v) is 3.79. The molecule has 0 amide bonds. The summed E-state index contributed by atoms with van der Waals surface area (Å²) in [5, 5.41) is 13.0. The molecule has 170 valence electrons. The molecule has 0 spiro atoms. The van der Waals surface area contributed by atoms with Gasteiger partial charge in [0.2, 0.25) is 0 Å². The van der Waals surface area contributed by atoms with Crippen molar-refractivity contribution in [1.82, 2.24) is 14.7 Å². The maximum atomic E-state index is 13.8. The van der Waals surface area contributed by atoms with Crippen LogP contribution in [0.1, 0.15) is 42.4 Å². The predicted octanol–water partition coefficient (Wildman–Crippen LogP) is 6.25. The minimum atomic E-state index is -4.71. The van der Waals surface area contributed by atoms with Gasteiger partial charge in [-0.05, 0) is 43.2 Å². The first-order valence-electron chi connectivity index (χ1n) is 10.1. The maximum Gasteiger partial charge on any atom is 0.418 e. The molecule has 0 radical (unpaired) electrons. The molecule has 0 unspecified atom stereocenters. The zero-order valence-corrected chi connectivity index (χ0v) is 17.4. The molecule has 0 fully saturated rings. The normalized spacial score (nSPS) is 11.8. The SMILES string of the molecule is CCCCc1cc2c(C(F)(F)F)c(C#N)ccc2n1Cc1noc(-c2cc(F)cc(F)c2)n1. The minimum absolute atomic E-state index is 0.0208. The van der Waals surface area contributed by atoms with Crippen molar-refractivity contribution in [2.45, 2.75) is 38.9 Å². The number of rotatable bonds is 6. The van der Waals surface area contributed by atoms with E-state index in [-0.39, 0.29) is 34.7 Å². The number of nitriles is 1. The second-order valence-electron chi connectivity index (χ2n) is 7.53. The van der Waals surface area contributed by atoms with E-state index < -0.39 is 28.9 Å². The van der Waals surface area contributed by atoms with Crippen molar-refractivity contribution in [3.63, 3.8) is 0 Å². The molecule has 2 aromatic carbocycles. The van der Waals surface area contributed by atoms with Crippen molar-refractivity contribution in [2.24, 2.45) is 0 Å². The molecular formula is C23H17F5N4O. The number of hydrogen-bond acceptors (Lipinski definition) is 4. The standard InChI is InChI=1S/C23H17F5N4O/c1-2-3-4-17-10-18-19(6-5-13(11-29)21(18)23(26,27)28)32(17)12-20-30-22(33-31-20)14-7-15(24)9-16(25)8-14/h5-10H,2-4,12H2,1H3. The van der Waals surface area contributed by atoms with E-state index in [1.54, 1.807) is 10.6 Å². The summed E-state index contributed by atoms with van der Waals surface area (Å²) in [5.74, 6) is -1.60. The highest BCUT2D eigenvalue weighted by molar-refractivity contribution is 5.87. The van der Waals surface area contributed by atoms with E-state index in [0.717, 1.165) is 31.0 Å². The van der Waals surface area contributed by atoms with Gasteiger partial charge in [-0.25, -0.2) is 8.78 Å². The minimum Gasteiger partial charge on any atom is -0.337 e. The van der Waals surface area contributed by atoms with E-state index in [1.807, 2.05) is 6.92 Å². The van der Waals surface area contributed by atoms with Gasteiger partial charge < -0.3 is 9.09 Å². The molecule has 0 saturated carbocycles. The van der Waals surface area contributed by atoms with Gasteiger partial charge in [0.15, 0.2) is 5.82 Å². The summed E-state index contributed by atoms with van der Waals surface area (Å²) >= 11 is 0. The van der Waals surface area contributed by atoms with Crippen molar-refractivity contribution >= 4 is 10.9 Å². The van der Waals surface area contributed by atoms with E-state index in [4.69, 9.17) is 4.52 Å². The molecule has 0 aliphatic carbocycles. The Labute approximate surface area is 185 Å². The molecule has 4 rings (SSSR count). The number of hydrogen-bond donors (Lipinski definition) is 0. The molecule has 0 saturated heterocycles. The van der Waals surface area contributed by atoms with Gasteiger partial charge in [-0.1, -0.05) is 18.5 Å². The van der Waals surface area contributed by atoms with E-state index in [2.05, 4.69) is 10.1 Å². The van der Waals surface area contributed by atoms with Crippen molar-refractivity contribution in [3.8, 4) is 17.5 Å². The van der Waals surface area contributed by atoms with Crippen LogP contribution in [0, 0.1) is 23.0 Å². The van der Waals surface area contributed by atoms with Gasteiger partial charge in [0.1, 0.15) is 11.6 Å². The van der Waals surface area contributed by atoms with E-state index in [9.17, 15) is 27.2 Å². The number of benzene rings is 2. The lowest BCUT2D eigenvalue weighted by molar-refractivity contribution is -0.136. The zero-order chi connectivity index (χ0) is 23.8. The molecule has 2 heterocycles. The fourth-order valence-electron chi connectivity index (χ4n) is 3.79. The number of fused-ring (bicyclic) bond motifs is 1. The van der Waals surface area contributed by atoms with Crippen LogP contribution in [0.2, 0.25) is 0 Å². The number of unbranched alkanes of at least 4 members (excludes halogenated alkanes) is 1. The number of nitrogens with zero attached hydrogens (tertiary/aromatic N) is 4. The van der Waals surface area contributed by atoms with Crippen LogP contribution in [-0.2, 0) is 19.1 Å². The first-order chi connectivity index (χ1) is 15.7. The Balaban J connectivity index is 1.80. The number of alkyl halides is 3. The highest BCUT2D eigenvalue weighted by Crippen LogP contribution is 2.39. The Morgan fingerprint density at radius 1 is 1.09 bits per heavy atom. The average molecular weight is 460 g/mol. The molecule has 0 bridgehead atoms. The molecule has 0 N–H and O–H groups in total. The molecule has 2 aromatic heterocycles. The van der Waals surface area contributed by atoms with Gasteiger partial charge >= 0.3 is 6.18 Å². The van der Waals surface area contributed by atoms with E-state index >= 15 is 0 Å². The van der Waals surface area contributed by atoms with Crippen LogP contribution < -0.4 is 0 Å². The summed E-state index contributed by atoms with van der Waals surface area (Å²) < 4.78 is 75.1. The maximum absolute atomic E-state index is 13.8. The Morgan fingerprint density at radius 2 is 1.82 bits per heavy atom. The topological polar surface area (TPSA) is 67.6 Å². The van der Waals surface area contributed by atoms with Gasteiger partial charge in [0.05, 0.1) is 23.7 Å². The monoisotopic (exact) mass is 460 g/mol. The largest absolute Gasteiger partial charge is 0.418 e. The van der Waals surface area contributed by atoms with Crippen molar-refractivity contribution < 1.29 is 26.5 Å². The predicted molar refractivity (Wildman–Crippen MR) is 109 cm³/mol. The quantitative estimate of drug-likeness (QED) is 0.319. The smallest absolute Gasteiger partial charge is 0.337 e. The Bertz CT molecular complexity index is 1340. The lowest BCUT2D eigenvalue weighted by Crippen LogP contribution is -2.09. The molecule has 33 heavy (non-hydrogen) atoms. The van der Waals surface area contributed by atoms with Gasteiger partial charge in [-0.3, -0.25) is 0 Å². The third-order valence-electron chi connectivity index (χ3n) is 5.24. The summed E-state index contributed by atoms with van der Waals surface area (Å²) in [6.45, 7) is 1.94. The number of halogens is 5. The van der Waals surface area contributed by atoms with Crippen LogP contribution in [0.4, 0.5) is 22.0 Å². The average Bonchev–Trinajstić information content (AvgIpc) is 3.35. The van der Waals surface area contributed by atoms with E-state index in [1.165, 1.54) is 12.1 Å². The van der Waals surface area contributed by atoms with Gasteiger partial charge in [-0.15, -0.1) is 0 Å². The molecule has 0 aliphatic rings. The summed E-state index contributed by atoms with van der Waals surface area (Å²) in [7, 11) is 0. The first-order valence-corrected chi connectivity index (χ1v) is 10.1. The van der Waals surface area contributed by atoms with Crippen LogP contribution >= 0.6 is 0 Å². The second kappa shape index (κ2) is 8.65. The molecule has 4 aromatic rings. The summed E-state index contributed by atoms with van der Waals surface area (Å²) in [6, 6.07) is 8.45. The number of aryl methyl sites for hydroxylation is 1. The Hall–Kier alpha value is -3.74. The van der Waals surface area contributed by atoms with Crippen LogP contribution in [0.3, 0.4) is 0 Å². The molecule has 5 nitrogen and oxygen atoms in total. The second-order valence-corrected chi connectivity index (χ2v) is 7.53. The summed E-state index contributed by atoms with van der Waals surface area (Å²) in [6.07, 6.45) is -2.64. The molecule has 0 aliphatic heterocycles. The summed E-state index contributed by atoms with van der Waals surface area (Å²) in [5.41, 5.74) is -0.494. The van der Waals surface area contributed by atoms with Gasteiger partial charge in [0.25, 0.3) is 5.89 Å². The highest BCUT2D eigenvalue weighted by Gasteiger charge is 2.36. The summed E-state index contributed by atoms with van der Waals surface area (Å²) in [4.78, 5) is 4.16. The Kier molecular flexibility index (Phi) is 5.89. The van der Waals surface area contributed by atoms with E-state index in [0.29, 0.717) is 18.2 Å². The molecular weight excluding hydrogens is 443 g/mol. The molecule has 10 heteroatoms. The van der Waals surface area contributed by atoms with Crippen molar-refractivity contribution in [2.75, 3.05) is 0 Å². The van der Waals surface area contributed by atoms with Crippen LogP contribution in [0.5, 0.6) is 0 Å². The number of aromatic nitrogens is 3. The third kappa shape index (κ3) is 4.44. The van der Waals surface area contributed by atoms with Crippen molar-refractivity contribution in [1.29, 1.82) is 5.26 Å².